The predicted molar refractivity (Wildman–Crippen MR) is 47.4 cm³/mol. The summed E-state index contributed by atoms with van der Waals surface area (Å²) in [7, 11) is 0. The average Bonchev–Trinajstić information content (AvgIpc) is 2.28. The van der Waals surface area contributed by atoms with E-state index < -0.39 is 11.3 Å². The van der Waals surface area contributed by atoms with E-state index >= 15 is 0 Å². The molecule has 3 atom stereocenters. The monoisotopic (exact) mass is 188 g/mol. The molecule has 2 fully saturated rings. The van der Waals surface area contributed by atoms with Crippen molar-refractivity contribution in [3.05, 3.63) is 0 Å². The van der Waals surface area contributed by atoms with Crippen LogP contribution < -0.4 is 22.1 Å². The summed E-state index contributed by atoms with van der Waals surface area (Å²) < 4.78 is 0. The number of hydrogen-bond donors (Lipinski definition) is 4. The summed E-state index contributed by atoms with van der Waals surface area (Å²) in [4.78, 5) is 11.0. The highest BCUT2D eigenvalue weighted by Crippen LogP contribution is 2.39. The number of rotatable bonds is 0. The first kappa shape index (κ1) is 8.15. The Kier molecular flexibility index (Phi) is 1.40. The van der Waals surface area contributed by atoms with Gasteiger partial charge in [-0.15, -0.1) is 0 Å². The van der Waals surface area contributed by atoms with Gasteiger partial charge >= 0.3 is 6.03 Å². The van der Waals surface area contributed by atoms with Gasteiger partial charge in [0.2, 0.25) is 0 Å². The van der Waals surface area contributed by atoms with E-state index in [9.17, 15) is 4.79 Å². The molecule has 0 aromatic heterocycles. The Hall–Kier alpha value is -0.460. The first-order chi connectivity index (χ1) is 5.48. The Bertz CT molecular complexity index is 248. The Labute approximate surface area is 74.6 Å². The van der Waals surface area contributed by atoms with E-state index in [1.165, 1.54) is 0 Å². The van der Waals surface area contributed by atoms with Crippen molar-refractivity contribution in [2.45, 2.75) is 23.5 Å². The number of thioether (sulfide) groups is 1. The lowest BCUT2D eigenvalue weighted by Crippen LogP contribution is -2.72. The van der Waals surface area contributed by atoms with Crippen LogP contribution in [0.2, 0.25) is 0 Å². The molecule has 0 saturated carbocycles. The van der Waals surface area contributed by atoms with Crippen LogP contribution in [0.25, 0.3) is 0 Å². The molecule has 0 bridgehead atoms. The lowest BCUT2D eigenvalue weighted by molar-refractivity contribution is 0.244. The quantitative estimate of drug-likeness (QED) is 0.357. The lowest BCUT2D eigenvalue weighted by Gasteiger charge is -2.33. The van der Waals surface area contributed by atoms with E-state index in [4.69, 9.17) is 11.5 Å². The molecule has 0 aliphatic carbocycles. The Morgan fingerprint density at radius 2 is 2.25 bits per heavy atom. The SMILES string of the molecule is C[C@@H]1SC[C@]2(N)NC(=O)N[C@]12N. The van der Waals surface area contributed by atoms with Gasteiger partial charge in [0.05, 0.1) is 0 Å². The van der Waals surface area contributed by atoms with E-state index in [1.54, 1.807) is 11.8 Å². The second-order valence-corrected chi connectivity index (χ2v) is 4.70. The summed E-state index contributed by atoms with van der Waals surface area (Å²) in [6.45, 7) is 1.96. The minimum atomic E-state index is -0.797. The maximum atomic E-state index is 11.0. The minimum Gasteiger partial charge on any atom is -0.316 e. The zero-order valence-electron chi connectivity index (χ0n) is 6.76. The fourth-order valence-corrected chi connectivity index (χ4v) is 3.00. The van der Waals surface area contributed by atoms with Gasteiger partial charge < -0.3 is 22.1 Å². The number of carbonyl (C=O) groups is 1. The minimum absolute atomic E-state index is 0.140. The molecule has 6 heteroatoms. The summed E-state index contributed by atoms with van der Waals surface area (Å²) in [5, 5.41) is 5.45. The Balaban J connectivity index is 2.38. The molecule has 6 N–H and O–H groups in total. The predicted octanol–water partition coefficient (Wildman–Crippen LogP) is -1.26. The van der Waals surface area contributed by atoms with Crippen LogP contribution in [0, 0.1) is 0 Å². The van der Waals surface area contributed by atoms with Crippen molar-refractivity contribution in [3.63, 3.8) is 0 Å². The van der Waals surface area contributed by atoms with Crippen molar-refractivity contribution in [2.75, 3.05) is 5.75 Å². The highest BCUT2D eigenvalue weighted by molar-refractivity contribution is 8.00. The van der Waals surface area contributed by atoms with Gasteiger partial charge in [-0.05, 0) is 6.92 Å². The van der Waals surface area contributed by atoms with Crippen molar-refractivity contribution in [1.29, 1.82) is 0 Å². The molecular weight excluding hydrogens is 176 g/mol. The van der Waals surface area contributed by atoms with E-state index in [2.05, 4.69) is 10.6 Å². The fourth-order valence-electron chi connectivity index (χ4n) is 1.64. The molecule has 2 amide bonds. The molecule has 2 heterocycles. The van der Waals surface area contributed by atoms with Gasteiger partial charge in [-0.25, -0.2) is 4.79 Å². The molecule has 0 spiro atoms. The second kappa shape index (κ2) is 2.07. The molecule has 0 aromatic rings. The van der Waals surface area contributed by atoms with Crippen molar-refractivity contribution < 1.29 is 4.79 Å². The summed E-state index contributed by atoms with van der Waals surface area (Å²) in [5.41, 5.74) is 10.4. The first-order valence-electron chi connectivity index (χ1n) is 3.78. The highest BCUT2D eigenvalue weighted by Gasteiger charge is 2.61. The zero-order valence-corrected chi connectivity index (χ0v) is 7.57. The van der Waals surface area contributed by atoms with Crippen molar-refractivity contribution in [1.82, 2.24) is 10.6 Å². The molecule has 0 aromatic carbocycles. The molecule has 12 heavy (non-hydrogen) atoms. The third kappa shape index (κ3) is 0.746. The summed E-state index contributed by atoms with van der Waals surface area (Å²) >= 11 is 1.66. The van der Waals surface area contributed by atoms with E-state index in [0.29, 0.717) is 5.75 Å². The number of amides is 2. The van der Waals surface area contributed by atoms with E-state index in [1.807, 2.05) is 6.92 Å². The first-order valence-corrected chi connectivity index (χ1v) is 4.82. The van der Waals surface area contributed by atoms with Crippen LogP contribution in [0.5, 0.6) is 0 Å². The van der Waals surface area contributed by atoms with Crippen LogP contribution in [0.1, 0.15) is 6.92 Å². The Morgan fingerprint density at radius 1 is 1.58 bits per heavy atom. The van der Waals surface area contributed by atoms with Crippen LogP contribution in [0.15, 0.2) is 0 Å². The number of fused-ring (bicyclic) bond motifs is 1. The van der Waals surface area contributed by atoms with Gasteiger partial charge in [-0.1, -0.05) is 0 Å². The molecular formula is C6H12N4OS. The number of carbonyl (C=O) groups excluding carboxylic acids is 1. The van der Waals surface area contributed by atoms with Crippen LogP contribution >= 0.6 is 11.8 Å². The van der Waals surface area contributed by atoms with Crippen molar-refractivity contribution >= 4 is 17.8 Å². The third-order valence-electron chi connectivity index (χ3n) is 2.60. The Morgan fingerprint density at radius 3 is 2.83 bits per heavy atom. The standard InChI is InChI=1S/C6H12N4OS/c1-3-6(8)5(7,2-12-3)9-4(11)10-6/h3H,2,7-8H2,1H3,(H2,9,10,11)/t3-,5-,6+/m0/s1. The molecule has 2 aliphatic heterocycles. The number of nitrogens with one attached hydrogen (secondary N) is 2. The average molecular weight is 188 g/mol. The zero-order chi connectivity index (χ0) is 8.98. The number of nitrogens with two attached hydrogens (primary N) is 2. The molecule has 68 valence electrons. The van der Waals surface area contributed by atoms with Gasteiger partial charge in [-0.2, -0.15) is 11.8 Å². The van der Waals surface area contributed by atoms with Crippen molar-refractivity contribution in [3.8, 4) is 0 Å². The molecule has 2 saturated heterocycles. The van der Waals surface area contributed by atoms with Crippen LogP contribution in [-0.4, -0.2) is 28.4 Å². The molecule has 2 rings (SSSR count). The number of urea groups is 1. The molecule has 5 nitrogen and oxygen atoms in total. The largest absolute Gasteiger partial charge is 0.317 e. The van der Waals surface area contributed by atoms with Crippen LogP contribution in [0.3, 0.4) is 0 Å². The molecule has 0 radical (unpaired) electrons. The summed E-state index contributed by atoms with van der Waals surface area (Å²) in [5.74, 6) is 0.656. The van der Waals surface area contributed by atoms with Crippen molar-refractivity contribution in [2.24, 2.45) is 11.5 Å². The fraction of sp³-hybridized carbons (Fsp3) is 0.833. The van der Waals surface area contributed by atoms with Gasteiger partial charge in [0.25, 0.3) is 0 Å². The summed E-state index contributed by atoms with van der Waals surface area (Å²) in [6.07, 6.45) is 0. The smallest absolute Gasteiger partial charge is 0.316 e. The normalized spacial score (nSPS) is 51.6. The molecule has 0 unspecified atom stereocenters. The van der Waals surface area contributed by atoms with Gasteiger partial charge in [0.1, 0.15) is 11.3 Å². The van der Waals surface area contributed by atoms with Crippen LogP contribution in [0.4, 0.5) is 4.79 Å². The second-order valence-electron chi connectivity index (χ2n) is 3.37. The topological polar surface area (TPSA) is 93.2 Å². The van der Waals surface area contributed by atoms with E-state index in [-0.39, 0.29) is 11.3 Å². The summed E-state index contributed by atoms with van der Waals surface area (Å²) in [6, 6.07) is -0.271. The maximum Gasteiger partial charge on any atom is 0.317 e. The van der Waals surface area contributed by atoms with Gasteiger partial charge in [0, 0.05) is 11.0 Å². The molecule has 2 aliphatic rings. The number of hydrogen-bond acceptors (Lipinski definition) is 4. The highest BCUT2D eigenvalue weighted by atomic mass is 32.2. The lowest BCUT2D eigenvalue weighted by atomic mass is 9.95. The third-order valence-corrected chi connectivity index (χ3v) is 4.09. The van der Waals surface area contributed by atoms with Gasteiger partial charge in [0.15, 0.2) is 0 Å². The maximum absolute atomic E-state index is 11.0. The van der Waals surface area contributed by atoms with E-state index in [0.717, 1.165) is 0 Å². The van der Waals surface area contributed by atoms with Crippen LogP contribution in [-0.2, 0) is 0 Å². The van der Waals surface area contributed by atoms with Gasteiger partial charge in [-0.3, -0.25) is 0 Å².